The van der Waals surface area contributed by atoms with Crippen molar-refractivity contribution in [2.75, 3.05) is 12.4 Å². The molecule has 0 aromatic heterocycles. The number of nitrogens with one attached hydrogen (secondary N) is 1. The highest BCUT2D eigenvalue weighted by Gasteiger charge is 2.04. The lowest BCUT2D eigenvalue weighted by atomic mass is 10.2. The molecule has 2 rings (SSSR count). The first-order valence-corrected chi connectivity index (χ1v) is 6.72. The fraction of sp³-hybridized carbons (Fsp3) is 0.200. The van der Waals surface area contributed by atoms with Crippen LogP contribution >= 0.6 is 15.9 Å². The standard InChI is InChI=1S/C15H15BrFNO/c1-10-3-6-14(15(7-10)19-2)18-9-11-4-5-12(16)13(17)8-11/h3-8,18H,9H2,1-2H3. The molecule has 0 heterocycles. The number of halogens is 2. The van der Waals surface area contributed by atoms with Crippen molar-refractivity contribution in [3.05, 3.63) is 57.8 Å². The van der Waals surface area contributed by atoms with Gasteiger partial charge in [0.15, 0.2) is 0 Å². The fourth-order valence-corrected chi connectivity index (χ4v) is 2.04. The maximum absolute atomic E-state index is 13.4. The molecule has 0 amide bonds. The Kier molecular flexibility index (Phi) is 4.43. The van der Waals surface area contributed by atoms with E-state index in [1.165, 1.54) is 6.07 Å². The second-order valence-corrected chi connectivity index (χ2v) is 5.16. The van der Waals surface area contributed by atoms with Gasteiger partial charge in [0, 0.05) is 6.54 Å². The van der Waals surface area contributed by atoms with Gasteiger partial charge in [0.2, 0.25) is 0 Å². The van der Waals surface area contributed by atoms with Gasteiger partial charge in [-0.05, 0) is 58.2 Å². The molecule has 0 spiro atoms. The molecule has 2 aromatic rings. The zero-order valence-corrected chi connectivity index (χ0v) is 12.4. The summed E-state index contributed by atoms with van der Waals surface area (Å²) in [6, 6.07) is 11.0. The van der Waals surface area contributed by atoms with E-state index in [0.29, 0.717) is 11.0 Å². The topological polar surface area (TPSA) is 21.3 Å². The zero-order chi connectivity index (χ0) is 13.8. The first kappa shape index (κ1) is 13.9. The van der Waals surface area contributed by atoms with Crippen molar-refractivity contribution < 1.29 is 9.13 Å². The van der Waals surface area contributed by atoms with Crippen LogP contribution < -0.4 is 10.1 Å². The minimum absolute atomic E-state index is 0.254. The SMILES string of the molecule is COc1cc(C)ccc1NCc1ccc(Br)c(F)c1. The normalized spacial score (nSPS) is 10.3. The molecule has 0 fully saturated rings. The van der Waals surface area contributed by atoms with Crippen LogP contribution in [0.4, 0.5) is 10.1 Å². The van der Waals surface area contributed by atoms with Crippen LogP contribution in [0.1, 0.15) is 11.1 Å². The average molecular weight is 324 g/mol. The maximum atomic E-state index is 13.4. The third-order valence-corrected chi connectivity index (χ3v) is 3.47. The summed E-state index contributed by atoms with van der Waals surface area (Å²) >= 11 is 3.14. The number of hydrogen-bond acceptors (Lipinski definition) is 2. The monoisotopic (exact) mass is 323 g/mol. The van der Waals surface area contributed by atoms with Crippen LogP contribution in [-0.2, 0) is 6.54 Å². The molecule has 0 aliphatic rings. The van der Waals surface area contributed by atoms with E-state index in [1.54, 1.807) is 13.2 Å². The van der Waals surface area contributed by atoms with Gasteiger partial charge in [0.1, 0.15) is 11.6 Å². The van der Waals surface area contributed by atoms with Gasteiger partial charge in [-0.3, -0.25) is 0 Å². The molecule has 0 aliphatic heterocycles. The van der Waals surface area contributed by atoms with E-state index in [0.717, 1.165) is 22.6 Å². The number of methoxy groups -OCH3 is 1. The van der Waals surface area contributed by atoms with Crippen LogP contribution in [0.25, 0.3) is 0 Å². The van der Waals surface area contributed by atoms with Gasteiger partial charge in [0.05, 0.1) is 17.3 Å². The maximum Gasteiger partial charge on any atom is 0.142 e. The molecule has 0 unspecified atom stereocenters. The van der Waals surface area contributed by atoms with E-state index < -0.39 is 0 Å². The molecule has 4 heteroatoms. The number of aryl methyl sites for hydroxylation is 1. The van der Waals surface area contributed by atoms with Gasteiger partial charge in [-0.1, -0.05) is 12.1 Å². The summed E-state index contributed by atoms with van der Waals surface area (Å²) in [6.07, 6.45) is 0. The van der Waals surface area contributed by atoms with Crippen LogP contribution in [0.15, 0.2) is 40.9 Å². The molecule has 0 aliphatic carbocycles. The van der Waals surface area contributed by atoms with Gasteiger partial charge in [-0.15, -0.1) is 0 Å². The highest BCUT2D eigenvalue weighted by Crippen LogP contribution is 2.26. The van der Waals surface area contributed by atoms with Gasteiger partial charge >= 0.3 is 0 Å². The van der Waals surface area contributed by atoms with Crippen molar-refractivity contribution in [1.82, 2.24) is 0 Å². The molecule has 19 heavy (non-hydrogen) atoms. The fourth-order valence-electron chi connectivity index (χ4n) is 1.79. The first-order valence-electron chi connectivity index (χ1n) is 5.92. The van der Waals surface area contributed by atoms with Crippen LogP contribution in [0.2, 0.25) is 0 Å². The Morgan fingerprint density at radius 1 is 1.21 bits per heavy atom. The number of benzene rings is 2. The van der Waals surface area contributed by atoms with Crippen LogP contribution in [0.3, 0.4) is 0 Å². The molecule has 100 valence electrons. The van der Waals surface area contributed by atoms with Gasteiger partial charge < -0.3 is 10.1 Å². The van der Waals surface area contributed by atoms with Crippen LogP contribution in [-0.4, -0.2) is 7.11 Å². The first-order chi connectivity index (χ1) is 9.10. The van der Waals surface area contributed by atoms with Gasteiger partial charge in [0.25, 0.3) is 0 Å². The Balaban J connectivity index is 2.12. The van der Waals surface area contributed by atoms with Crippen molar-refractivity contribution in [1.29, 1.82) is 0 Å². The van der Waals surface area contributed by atoms with Crippen LogP contribution in [0, 0.1) is 12.7 Å². The summed E-state index contributed by atoms with van der Waals surface area (Å²) in [5.74, 6) is 0.535. The molecule has 2 nitrogen and oxygen atoms in total. The van der Waals surface area contributed by atoms with E-state index in [4.69, 9.17) is 4.74 Å². The summed E-state index contributed by atoms with van der Waals surface area (Å²) in [5.41, 5.74) is 2.91. The van der Waals surface area contributed by atoms with E-state index >= 15 is 0 Å². The lowest BCUT2D eigenvalue weighted by molar-refractivity contribution is 0.416. The minimum Gasteiger partial charge on any atom is -0.495 e. The van der Waals surface area contributed by atoms with E-state index in [9.17, 15) is 4.39 Å². The third kappa shape index (κ3) is 3.47. The van der Waals surface area contributed by atoms with Crippen molar-refractivity contribution in [2.45, 2.75) is 13.5 Å². The van der Waals surface area contributed by atoms with Gasteiger partial charge in [-0.2, -0.15) is 0 Å². The molecular formula is C15H15BrFNO. The predicted molar refractivity (Wildman–Crippen MR) is 79.2 cm³/mol. The lowest BCUT2D eigenvalue weighted by Gasteiger charge is -2.12. The summed E-state index contributed by atoms with van der Waals surface area (Å²) in [5, 5.41) is 3.25. The Hall–Kier alpha value is -1.55. The summed E-state index contributed by atoms with van der Waals surface area (Å²) in [6.45, 7) is 2.56. The van der Waals surface area contributed by atoms with E-state index in [2.05, 4.69) is 21.2 Å². The third-order valence-electron chi connectivity index (χ3n) is 2.82. The zero-order valence-electron chi connectivity index (χ0n) is 10.8. The molecule has 1 N–H and O–H groups in total. The summed E-state index contributed by atoms with van der Waals surface area (Å²) < 4.78 is 19.2. The molecule has 0 atom stereocenters. The lowest BCUT2D eigenvalue weighted by Crippen LogP contribution is -2.02. The molecule has 0 saturated heterocycles. The smallest absolute Gasteiger partial charge is 0.142 e. The molecular weight excluding hydrogens is 309 g/mol. The van der Waals surface area contributed by atoms with Gasteiger partial charge in [-0.25, -0.2) is 4.39 Å². The van der Waals surface area contributed by atoms with Crippen LogP contribution in [0.5, 0.6) is 5.75 Å². The summed E-state index contributed by atoms with van der Waals surface area (Å²) in [7, 11) is 1.64. The van der Waals surface area contributed by atoms with Crippen molar-refractivity contribution in [2.24, 2.45) is 0 Å². The second-order valence-electron chi connectivity index (χ2n) is 4.31. The Morgan fingerprint density at radius 2 is 2.00 bits per heavy atom. The molecule has 0 bridgehead atoms. The average Bonchev–Trinajstić information content (AvgIpc) is 2.41. The predicted octanol–water partition coefficient (Wildman–Crippen LogP) is 4.52. The van der Waals surface area contributed by atoms with Crippen molar-refractivity contribution >= 4 is 21.6 Å². The van der Waals surface area contributed by atoms with E-state index in [-0.39, 0.29) is 5.82 Å². The quantitative estimate of drug-likeness (QED) is 0.893. The highest BCUT2D eigenvalue weighted by molar-refractivity contribution is 9.10. The number of ether oxygens (including phenoxy) is 1. The largest absolute Gasteiger partial charge is 0.495 e. The van der Waals surface area contributed by atoms with Crippen molar-refractivity contribution in [3.63, 3.8) is 0 Å². The minimum atomic E-state index is -0.254. The Morgan fingerprint density at radius 3 is 2.68 bits per heavy atom. The number of rotatable bonds is 4. The molecule has 2 aromatic carbocycles. The number of anilines is 1. The van der Waals surface area contributed by atoms with Crippen molar-refractivity contribution in [3.8, 4) is 5.75 Å². The molecule has 0 radical (unpaired) electrons. The second kappa shape index (κ2) is 6.06. The Labute approximate surface area is 120 Å². The van der Waals surface area contributed by atoms with E-state index in [1.807, 2.05) is 31.2 Å². The molecule has 0 saturated carbocycles. The number of hydrogen-bond donors (Lipinski definition) is 1. The highest BCUT2D eigenvalue weighted by atomic mass is 79.9. The Bertz CT molecular complexity index is 586. The summed E-state index contributed by atoms with van der Waals surface area (Å²) in [4.78, 5) is 0.